The number of amides is 1. The molecule has 1 aromatic heterocycles. The molecule has 4 heteroatoms. The van der Waals surface area contributed by atoms with Crippen molar-refractivity contribution in [3.05, 3.63) is 46.2 Å². The van der Waals surface area contributed by atoms with Crippen LogP contribution in [-0.2, 0) is 11.2 Å². The van der Waals surface area contributed by atoms with Crippen molar-refractivity contribution in [2.45, 2.75) is 32.6 Å². The maximum atomic E-state index is 12.0. The second kappa shape index (κ2) is 6.97. The number of aryl methyl sites for hydroxylation is 2. The summed E-state index contributed by atoms with van der Waals surface area (Å²) in [6.07, 6.45) is 3.91. The summed E-state index contributed by atoms with van der Waals surface area (Å²) in [5, 5.41) is 5.06. The minimum absolute atomic E-state index is 0.0849. The summed E-state index contributed by atoms with van der Waals surface area (Å²) in [6, 6.07) is 10.3. The lowest BCUT2D eigenvalue weighted by Gasteiger charge is -2.20. The number of nitrogens with one attached hydrogen (secondary N) is 1. The third kappa shape index (κ3) is 3.69. The first kappa shape index (κ1) is 15.1. The molecule has 3 nitrogen and oxygen atoms in total. The highest BCUT2D eigenvalue weighted by molar-refractivity contribution is 7.09. The lowest BCUT2D eigenvalue weighted by molar-refractivity contribution is -0.116. The summed E-state index contributed by atoms with van der Waals surface area (Å²) < 4.78 is 0. The van der Waals surface area contributed by atoms with Gasteiger partial charge in [-0.2, -0.15) is 0 Å². The SMILES string of the molecule is Cc1cc(NC(=O)CCc2cccs2)ccc1N1CCCC1. The smallest absolute Gasteiger partial charge is 0.224 e. The highest BCUT2D eigenvalue weighted by Gasteiger charge is 2.14. The summed E-state index contributed by atoms with van der Waals surface area (Å²) in [5.74, 6) is 0.0849. The number of nitrogens with zero attached hydrogens (tertiary/aromatic N) is 1. The standard InChI is InChI=1S/C18H22N2OS/c1-14-13-15(6-8-17(14)20-10-2-3-11-20)19-18(21)9-7-16-5-4-12-22-16/h4-6,8,12-13H,2-3,7,9-11H2,1H3,(H,19,21). The zero-order valence-electron chi connectivity index (χ0n) is 13.0. The van der Waals surface area contributed by atoms with E-state index in [4.69, 9.17) is 0 Å². The molecular weight excluding hydrogens is 292 g/mol. The van der Waals surface area contributed by atoms with E-state index >= 15 is 0 Å². The molecule has 0 bridgehead atoms. The van der Waals surface area contributed by atoms with Crippen LogP contribution >= 0.6 is 11.3 Å². The molecule has 1 aliphatic heterocycles. The van der Waals surface area contributed by atoms with Crippen molar-refractivity contribution in [2.75, 3.05) is 23.3 Å². The predicted molar refractivity (Wildman–Crippen MR) is 93.9 cm³/mol. The van der Waals surface area contributed by atoms with Crippen LogP contribution in [0.2, 0.25) is 0 Å². The van der Waals surface area contributed by atoms with Crippen LogP contribution in [0.3, 0.4) is 0 Å². The molecule has 1 fully saturated rings. The van der Waals surface area contributed by atoms with E-state index in [-0.39, 0.29) is 5.91 Å². The highest BCUT2D eigenvalue weighted by Crippen LogP contribution is 2.26. The van der Waals surface area contributed by atoms with Crippen molar-refractivity contribution in [1.29, 1.82) is 0 Å². The van der Waals surface area contributed by atoms with E-state index in [0.717, 1.165) is 25.2 Å². The number of hydrogen-bond donors (Lipinski definition) is 1. The lowest BCUT2D eigenvalue weighted by atomic mass is 10.1. The van der Waals surface area contributed by atoms with Gasteiger partial charge in [0.1, 0.15) is 0 Å². The summed E-state index contributed by atoms with van der Waals surface area (Å²) in [5.41, 5.74) is 3.43. The number of thiophene rings is 1. The van der Waals surface area contributed by atoms with Gasteiger partial charge in [-0.25, -0.2) is 0 Å². The Morgan fingerprint density at radius 2 is 2.09 bits per heavy atom. The van der Waals surface area contributed by atoms with Gasteiger partial charge in [-0.3, -0.25) is 4.79 Å². The Hall–Kier alpha value is -1.81. The van der Waals surface area contributed by atoms with Crippen LogP contribution in [0.1, 0.15) is 29.7 Å². The highest BCUT2D eigenvalue weighted by atomic mass is 32.1. The van der Waals surface area contributed by atoms with Gasteiger partial charge in [0.15, 0.2) is 0 Å². The van der Waals surface area contributed by atoms with Crippen LogP contribution in [0.4, 0.5) is 11.4 Å². The van der Waals surface area contributed by atoms with Gasteiger partial charge >= 0.3 is 0 Å². The van der Waals surface area contributed by atoms with Crippen LogP contribution in [0.25, 0.3) is 0 Å². The molecule has 0 spiro atoms. The number of rotatable bonds is 5. The van der Waals surface area contributed by atoms with E-state index in [1.165, 1.54) is 29.0 Å². The maximum Gasteiger partial charge on any atom is 0.224 e. The van der Waals surface area contributed by atoms with E-state index in [0.29, 0.717) is 6.42 Å². The van der Waals surface area contributed by atoms with Crippen molar-refractivity contribution in [2.24, 2.45) is 0 Å². The first-order valence-electron chi connectivity index (χ1n) is 7.90. The van der Waals surface area contributed by atoms with E-state index in [1.54, 1.807) is 11.3 Å². The summed E-state index contributed by atoms with van der Waals surface area (Å²) >= 11 is 1.70. The molecule has 0 aliphatic carbocycles. The lowest BCUT2D eigenvalue weighted by Crippen LogP contribution is -2.19. The average Bonchev–Trinajstić information content (AvgIpc) is 3.19. The fourth-order valence-corrected chi connectivity index (χ4v) is 3.67. The first-order chi connectivity index (χ1) is 10.7. The van der Waals surface area contributed by atoms with Crippen molar-refractivity contribution in [3.8, 4) is 0 Å². The van der Waals surface area contributed by atoms with Crippen LogP contribution in [0.5, 0.6) is 0 Å². The molecule has 1 aliphatic rings. The predicted octanol–water partition coefficient (Wildman–Crippen LogP) is 4.23. The number of hydrogen-bond acceptors (Lipinski definition) is 3. The van der Waals surface area contributed by atoms with Gasteiger partial charge in [-0.1, -0.05) is 6.07 Å². The molecule has 0 atom stereocenters. The van der Waals surface area contributed by atoms with Gasteiger partial charge in [0.2, 0.25) is 5.91 Å². The number of carbonyl (C=O) groups excluding carboxylic acids is 1. The second-order valence-electron chi connectivity index (χ2n) is 5.82. The van der Waals surface area contributed by atoms with Crippen molar-refractivity contribution >= 4 is 28.6 Å². The largest absolute Gasteiger partial charge is 0.371 e. The quantitative estimate of drug-likeness (QED) is 0.896. The average molecular weight is 314 g/mol. The Balaban J connectivity index is 1.57. The second-order valence-corrected chi connectivity index (χ2v) is 6.86. The Morgan fingerprint density at radius 3 is 2.77 bits per heavy atom. The molecule has 2 heterocycles. The monoisotopic (exact) mass is 314 g/mol. The van der Waals surface area contributed by atoms with Gasteiger partial charge in [0.05, 0.1) is 0 Å². The number of carbonyl (C=O) groups is 1. The van der Waals surface area contributed by atoms with E-state index in [9.17, 15) is 4.79 Å². The molecule has 1 aromatic carbocycles. The van der Waals surface area contributed by atoms with Gasteiger partial charge in [-0.15, -0.1) is 11.3 Å². The third-order valence-corrected chi connectivity index (χ3v) is 5.04. The molecule has 0 unspecified atom stereocenters. The molecular formula is C18H22N2OS. The van der Waals surface area contributed by atoms with Crippen molar-refractivity contribution in [1.82, 2.24) is 0 Å². The van der Waals surface area contributed by atoms with E-state index < -0.39 is 0 Å². The molecule has 1 N–H and O–H groups in total. The Labute approximate surface area is 136 Å². The summed E-state index contributed by atoms with van der Waals surface area (Å²) in [7, 11) is 0. The molecule has 22 heavy (non-hydrogen) atoms. The molecule has 3 rings (SSSR count). The van der Waals surface area contributed by atoms with Crippen molar-refractivity contribution < 1.29 is 4.79 Å². The molecule has 0 radical (unpaired) electrons. The molecule has 116 valence electrons. The normalized spacial score (nSPS) is 14.3. The summed E-state index contributed by atoms with van der Waals surface area (Å²) in [4.78, 5) is 15.7. The fourth-order valence-electron chi connectivity index (χ4n) is 2.96. The number of anilines is 2. The maximum absolute atomic E-state index is 12.0. The first-order valence-corrected chi connectivity index (χ1v) is 8.78. The van der Waals surface area contributed by atoms with Crippen LogP contribution in [-0.4, -0.2) is 19.0 Å². The third-order valence-electron chi connectivity index (χ3n) is 4.11. The zero-order valence-corrected chi connectivity index (χ0v) is 13.8. The van der Waals surface area contributed by atoms with Gasteiger partial charge in [0.25, 0.3) is 0 Å². The fraction of sp³-hybridized carbons (Fsp3) is 0.389. The topological polar surface area (TPSA) is 32.3 Å². The van der Waals surface area contributed by atoms with Crippen LogP contribution in [0.15, 0.2) is 35.7 Å². The minimum Gasteiger partial charge on any atom is -0.371 e. The minimum atomic E-state index is 0.0849. The van der Waals surface area contributed by atoms with E-state index in [1.807, 2.05) is 17.5 Å². The van der Waals surface area contributed by atoms with Crippen LogP contribution in [0, 0.1) is 6.92 Å². The van der Waals surface area contributed by atoms with Gasteiger partial charge in [-0.05, 0) is 61.4 Å². The summed E-state index contributed by atoms with van der Waals surface area (Å²) in [6.45, 7) is 4.41. The van der Waals surface area contributed by atoms with Gasteiger partial charge in [0, 0.05) is 35.8 Å². The molecule has 0 saturated carbocycles. The number of benzene rings is 1. The van der Waals surface area contributed by atoms with Crippen molar-refractivity contribution in [3.63, 3.8) is 0 Å². The zero-order chi connectivity index (χ0) is 15.4. The Bertz CT molecular complexity index is 631. The Kier molecular flexibility index (Phi) is 4.78. The molecule has 1 amide bonds. The molecule has 2 aromatic rings. The van der Waals surface area contributed by atoms with Gasteiger partial charge < -0.3 is 10.2 Å². The van der Waals surface area contributed by atoms with Crippen LogP contribution < -0.4 is 10.2 Å². The molecule has 1 saturated heterocycles. The van der Waals surface area contributed by atoms with E-state index in [2.05, 4.69) is 35.3 Å². The Morgan fingerprint density at radius 1 is 1.27 bits per heavy atom.